The van der Waals surface area contributed by atoms with E-state index < -0.39 is 11.6 Å². The minimum Gasteiger partial charge on any atom is -0.368 e. The third-order valence-corrected chi connectivity index (χ3v) is 3.57. The summed E-state index contributed by atoms with van der Waals surface area (Å²) in [5.41, 5.74) is 0. The van der Waals surface area contributed by atoms with Crippen molar-refractivity contribution < 1.29 is 8.78 Å². The highest BCUT2D eigenvalue weighted by molar-refractivity contribution is 5.47. The fraction of sp³-hybridized carbons (Fsp3) is 0.688. The van der Waals surface area contributed by atoms with Gasteiger partial charge in [-0.3, -0.25) is 0 Å². The lowest BCUT2D eigenvalue weighted by Gasteiger charge is -2.16. The molecule has 0 radical (unpaired) electrons. The smallest absolute Gasteiger partial charge is 0.168 e. The van der Waals surface area contributed by atoms with Gasteiger partial charge in [0.15, 0.2) is 23.3 Å². The maximum Gasteiger partial charge on any atom is 0.168 e. The molecule has 2 N–H and O–H groups in total. The van der Waals surface area contributed by atoms with Crippen molar-refractivity contribution >= 4 is 11.6 Å². The van der Waals surface area contributed by atoms with Crippen LogP contribution in [0.5, 0.6) is 0 Å². The molecule has 0 aromatic carbocycles. The summed E-state index contributed by atoms with van der Waals surface area (Å²) < 4.78 is 27.4. The Kier molecular flexibility index (Phi) is 8.01. The van der Waals surface area contributed by atoms with Gasteiger partial charge in [0.05, 0.1) is 0 Å². The Balaban J connectivity index is 2.68. The molecule has 1 rings (SSSR count). The molecule has 5 heteroatoms. The van der Waals surface area contributed by atoms with Gasteiger partial charge >= 0.3 is 0 Å². The topological polar surface area (TPSA) is 37.0 Å². The molecule has 0 spiro atoms. The fourth-order valence-electron chi connectivity index (χ4n) is 2.14. The van der Waals surface area contributed by atoms with Gasteiger partial charge < -0.3 is 10.6 Å². The van der Waals surface area contributed by atoms with Crippen molar-refractivity contribution in [1.82, 2.24) is 4.98 Å². The lowest BCUT2D eigenvalue weighted by molar-refractivity contribution is 0.470. The van der Waals surface area contributed by atoms with Crippen molar-refractivity contribution in [2.24, 2.45) is 5.92 Å². The molecule has 0 aliphatic carbocycles. The predicted octanol–water partition coefficient (Wildman–Crippen LogP) is 4.81. The Morgan fingerprint density at radius 2 is 1.71 bits per heavy atom. The summed E-state index contributed by atoms with van der Waals surface area (Å²) in [6.07, 6.45) is 5.34. The van der Waals surface area contributed by atoms with Crippen LogP contribution in [0.1, 0.15) is 52.9 Å². The van der Waals surface area contributed by atoms with Crippen LogP contribution >= 0.6 is 0 Å². The summed E-state index contributed by atoms with van der Waals surface area (Å²) in [6.45, 7) is 7.55. The van der Waals surface area contributed by atoms with E-state index in [2.05, 4.69) is 29.5 Å². The molecule has 1 atom stereocenters. The molecule has 1 unspecified atom stereocenters. The van der Waals surface area contributed by atoms with E-state index in [0.717, 1.165) is 31.7 Å². The van der Waals surface area contributed by atoms with Crippen LogP contribution in [0.3, 0.4) is 0 Å². The maximum atomic E-state index is 13.8. The van der Waals surface area contributed by atoms with E-state index in [1.54, 1.807) is 0 Å². The van der Waals surface area contributed by atoms with Gasteiger partial charge in [-0.05, 0) is 18.8 Å². The first-order chi connectivity index (χ1) is 10.1. The third-order valence-electron chi connectivity index (χ3n) is 3.57. The van der Waals surface area contributed by atoms with Gasteiger partial charge in [0.1, 0.15) is 0 Å². The standard InChI is InChI=1S/C16H27F2N3/c1-4-7-8-12(6-3)11-20-16-14(18)10-13(17)15(21-16)19-9-5-2/h10,12H,4-9,11H2,1-3H3,(H2,19,20,21). The van der Waals surface area contributed by atoms with E-state index in [-0.39, 0.29) is 11.6 Å². The number of rotatable bonds is 10. The number of nitrogens with one attached hydrogen (secondary N) is 2. The van der Waals surface area contributed by atoms with Crippen LogP contribution in [0.15, 0.2) is 6.07 Å². The fourth-order valence-corrected chi connectivity index (χ4v) is 2.14. The molecule has 0 bridgehead atoms. The zero-order valence-corrected chi connectivity index (χ0v) is 13.3. The number of unbranched alkanes of at least 4 members (excludes halogenated alkanes) is 1. The summed E-state index contributed by atoms with van der Waals surface area (Å²) in [7, 11) is 0. The van der Waals surface area contributed by atoms with Crippen LogP contribution in [0, 0.1) is 17.6 Å². The quantitative estimate of drug-likeness (QED) is 0.651. The molecule has 0 aliphatic rings. The zero-order chi connectivity index (χ0) is 15.7. The summed E-state index contributed by atoms with van der Waals surface area (Å²) in [5, 5.41) is 5.90. The van der Waals surface area contributed by atoms with Crippen molar-refractivity contribution in [2.45, 2.75) is 52.9 Å². The van der Waals surface area contributed by atoms with Crippen LogP contribution < -0.4 is 10.6 Å². The second-order valence-corrected chi connectivity index (χ2v) is 5.37. The highest BCUT2D eigenvalue weighted by Crippen LogP contribution is 2.20. The minimum atomic E-state index is -0.649. The molecule has 120 valence electrons. The van der Waals surface area contributed by atoms with Crippen LogP contribution in [0.2, 0.25) is 0 Å². The summed E-state index contributed by atoms with van der Waals surface area (Å²) in [6, 6.07) is 0.889. The molecular formula is C16H27F2N3. The Morgan fingerprint density at radius 1 is 1.05 bits per heavy atom. The molecule has 1 heterocycles. The largest absolute Gasteiger partial charge is 0.368 e. The molecule has 3 nitrogen and oxygen atoms in total. The van der Waals surface area contributed by atoms with Crippen LogP contribution in [0.25, 0.3) is 0 Å². The molecule has 21 heavy (non-hydrogen) atoms. The Hall–Kier alpha value is -1.39. The predicted molar refractivity (Wildman–Crippen MR) is 84.7 cm³/mol. The van der Waals surface area contributed by atoms with E-state index in [4.69, 9.17) is 0 Å². The van der Waals surface area contributed by atoms with Gasteiger partial charge in [-0.25, -0.2) is 13.8 Å². The monoisotopic (exact) mass is 299 g/mol. The van der Waals surface area contributed by atoms with E-state index in [1.807, 2.05) is 6.92 Å². The van der Waals surface area contributed by atoms with Crippen LogP contribution in [-0.2, 0) is 0 Å². The first kappa shape index (κ1) is 17.7. The number of nitrogens with zero attached hydrogens (tertiary/aromatic N) is 1. The van der Waals surface area contributed by atoms with E-state index in [0.29, 0.717) is 19.0 Å². The summed E-state index contributed by atoms with van der Waals surface area (Å²) in [5.74, 6) is -0.556. The number of hydrogen-bond donors (Lipinski definition) is 2. The summed E-state index contributed by atoms with van der Waals surface area (Å²) >= 11 is 0. The zero-order valence-electron chi connectivity index (χ0n) is 13.3. The van der Waals surface area contributed by atoms with Gasteiger partial charge in [-0.1, -0.05) is 40.0 Å². The minimum absolute atomic E-state index is 0.113. The van der Waals surface area contributed by atoms with Gasteiger partial charge in [0, 0.05) is 19.2 Å². The van der Waals surface area contributed by atoms with Gasteiger partial charge in [0.25, 0.3) is 0 Å². The number of halogens is 2. The van der Waals surface area contributed by atoms with Crippen LogP contribution in [0.4, 0.5) is 20.4 Å². The maximum absolute atomic E-state index is 13.8. The Morgan fingerprint density at radius 3 is 2.29 bits per heavy atom. The molecule has 1 aromatic rings. The second-order valence-electron chi connectivity index (χ2n) is 5.37. The first-order valence-electron chi connectivity index (χ1n) is 7.96. The number of hydrogen-bond acceptors (Lipinski definition) is 3. The van der Waals surface area contributed by atoms with E-state index in [9.17, 15) is 8.78 Å². The first-order valence-corrected chi connectivity index (χ1v) is 7.96. The molecular weight excluding hydrogens is 272 g/mol. The van der Waals surface area contributed by atoms with Crippen LogP contribution in [-0.4, -0.2) is 18.1 Å². The van der Waals surface area contributed by atoms with Crippen molar-refractivity contribution in [3.8, 4) is 0 Å². The van der Waals surface area contributed by atoms with E-state index >= 15 is 0 Å². The highest BCUT2D eigenvalue weighted by atomic mass is 19.1. The van der Waals surface area contributed by atoms with Crippen molar-refractivity contribution in [2.75, 3.05) is 23.7 Å². The number of anilines is 2. The average molecular weight is 299 g/mol. The average Bonchev–Trinajstić information content (AvgIpc) is 2.48. The van der Waals surface area contributed by atoms with E-state index in [1.165, 1.54) is 6.42 Å². The summed E-state index contributed by atoms with van der Waals surface area (Å²) in [4.78, 5) is 4.02. The lowest BCUT2D eigenvalue weighted by Crippen LogP contribution is -2.16. The molecule has 1 aromatic heterocycles. The Bertz CT molecular complexity index is 424. The highest BCUT2D eigenvalue weighted by Gasteiger charge is 2.13. The van der Waals surface area contributed by atoms with Crippen molar-refractivity contribution in [3.05, 3.63) is 17.7 Å². The SMILES string of the molecule is CCCCC(CC)CNc1nc(NCCC)c(F)cc1F. The molecule has 0 amide bonds. The lowest BCUT2D eigenvalue weighted by atomic mass is 9.99. The van der Waals surface area contributed by atoms with Crippen molar-refractivity contribution in [3.63, 3.8) is 0 Å². The normalized spacial score (nSPS) is 12.2. The van der Waals surface area contributed by atoms with Crippen molar-refractivity contribution in [1.29, 1.82) is 0 Å². The van der Waals surface area contributed by atoms with Gasteiger partial charge in [-0.15, -0.1) is 0 Å². The molecule has 0 saturated carbocycles. The second kappa shape index (κ2) is 9.53. The van der Waals surface area contributed by atoms with Gasteiger partial charge in [0.2, 0.25) is 0 Å². The van der Waals surface area contributed by atoms with Gasteiger partial charge in [-0.2, -0.15) is 0 Å². The Labute approximate surface area is 126 Å². The molecule has 0 aliphatic heterocycles. The molecule has 0 fully saturated rings. The number of aromatic nitrogens is 1. The molecule has 0 saturated heterocycles. The third kappa shape index (κ3) is 5.86. The number of pyridine rings is 1.